The van der Waals surface area contributed by atoms with Crippen LogP contribution in [0.3, 0.4) is 0 Å². The van der Waals surface area contributed by atoms with Crippen LogP contribution in [0.15, 0.2) is 83.7 Å². The van der Waals surface area contributed by atoms with Gasteiger partial charge in [-0.05, 0) is 36.2 Å². The maximum absolute atomic E-state index is 13.2. The van der Waals surface area contributed by atoms with E-state index in [1.54, 1.807) is 29.2 Å². The number of nitrogens with one attached hydrogen (secondary N) is 1. The van der Waals surface area contributed by atoms with Gasteiger partial charge in [0.2, 0.25) is 0 Å². The third kappa shape index (κ3) is 4.70. The fourth-order valence-electron chi connectivity index (χ4n) is 3.46. The summed E-state index contributed by atoms with van der Waals surface area (Å²) >= 11 is 0. The number of nitro benzene ring substituents is 1. The molecular formula is C24H20N4O4. The normalized spacial score (nSPS) is 10.8. The Kier molecular flexibility index (Phi) is 6.03. The van der Waals surface area contributed by atoms with Crippen LogP contribution in [0.1, 0.15) is 21.7 Å². The highest BCUT2D eigenvalue weighted by Crippen LogP contribution is 2.16. The molecular weight excluding hydrogens is 408 g/mol. The topological polar surface area (TPSA) is 109 Å². The van der Waals surface area contributed by atoms with Gasteiger partial charge in [-0.25, -0.2) is 4.98 Å². The molecule has 0 spiro atoms. The second kappa shape index (κ2) is 9.22. The highest BCUT2D eigenvalue weighted by molar-refractivity contribution is 5.94. The van der Waals surface area contributed by atoms with Crippen LogP contribution in [-0.2, 0) is 13.0 Å². The molecule has 0 fully saturated rings. The van der Waals surface area contributed by atoms with Gasteiger partial charge >= 0.3 is 0 Å². The van der Waals surface area contributed by atoms with Gasteiger partial charge in [-0.1, -0.05) is 42.5 Å². The van der Waals surface area contributed by atoms with Gasteiger partial charge in [-0.2, -0.15) is 0 Å². The first-order valence-electron chi connectivity index (χ1n) is 10.1. The Bertz CT molecular complexity index is 1320. The van der Waals surface area contributed by atoms with Crippen molar-refractivity contribution in [1.82, 2.24) is 14.9 Å². The predicted octanol–water partition coefficient (Wildman–Crippen LogP) is 3.72. The number of rotatable bonds is 7. The Morgan fingerprint density at radius 1 is 0.969 bits per heavy atom. The summed E-state index contributed by atoms with van der Waals surface area (Å²) in [6.07, 6.45) is 0.609. The Hall–Kier alpha value is -4.33. The average Bonchev–Trinajstić information content (AvgIpc) is 2.82. The Morgan fingerprint density at radius 2 is 1.66 bits per heavy atom. The monoisotopic (exact) mass is 428 g/mol. The van der Waals surface area contributed by atoms with Crippen molar-refractivity contribution < 1.29 is 9.72 Å². The first-order valence-corrected chi connectivity index (χ1v) is 10.1. The summed E-state index contributed by atoms with van der Waals surface area (Å²) < 4.78 is 0. The van der Waals surface area contributed by atoms with Gasteiger partial charge in [-0.15, -0.1) is 0 Å². The van der Waals surface area contributed by atoms with E-state index < -0.39 is 4.92 Å². The molecule has 0 bridgehead atoms. The highest BCUT2D eigenvalue weighted by atomic mass is 16.6. The lowest BCUT2D eigenvalue weighted by Crippen LogP contribution is -2.34. The van der Waals surface area contributed by atoms with Gasteiger partial charge in [0, 0.05) is 24.2 Å². The lowest BCUT2D eigenvalue weighted by atomic mass is 10.1. The number of benzene rings is 3. The van der Waals surface area contributed by atoms with E-state index in [1.165, 1.54) is 24.3 Å². The number of para-hydroxylation sites is 1. The SMILES string of the molecule is O=C(c1ccc([N+](=O)[O-])cc1)N(CCc1ccccc1)Cc1nc2ccccc2c(=O)[nH]1. The standard InChI is InChI=1S/C24H20N4O4/c29-23-20-8-4-5-9-21(20)25-22(26-23)16-27(15-14-17-6-2-1-3-7-17)24(30)18-10-12-19(13-11-18)28(31)32/h1-13H,14-16H2,(H,25,26,29). The lowest BCUT2D eigenvalue weighted by Gasteiger charge is -2.22. The molecule has 160 valence electrons. The van der Waals surface area contributed by atoms with Crippen LogP contribution in [0.4, 0.5) is 5.69 Å². The van der Waals surface area contributed by atoms with Crippen molar-refractivity contribution in [3.8, 4) is 0 Å². The molecule has 0 aliphatic heterocycles. The second-order valence-corrected chi connectivity index (χ2v) is 7.30. The van der Waals surface area contributed by atoms with Crippen LogP contribution in [-0.4, -0.2) is 32.2 Å². The van der Waals surface area contributed by atoms with Crippen LogP contribution in [0.2, 0.25) is 0 Å². The van der Waals surface area contributed by atoms with Crippen molar-refractivity contribution in [3.63, 3.8) is 0 Å². The predicted molar refractivity (Wildman–Crippen MR) is 120 cm³/mol. The smallest absolute Gasteiger partial charge is 0.269 e. The lowest BCUT2D eigenvalue weighted by molar-refractivity contribution is -0.384. The van der Waals surface area contributed by atoms with Crippen molar-refractivity contribution in [3.05, 3.63) is 116 Å². The van der Waals surface area contributed by atoms with Crippen molar-refractivity contribution in [2.45, 2.75) is 13.0 Å². The third-order valence-corrected chi connectivity index (χ3v) is 5.13. The fourth-order valence-corrected chi connectivity index (χ4v) is 3.46. The van der Waals surface area contributed by atoms with Gasteiger partial charge in [0.25, 0.3) is 17.2 Å². The van der Waals surface area contributed by atoms with Crippen molar-refractivity contribution in [2.75, 3.05) is 6.54 Å². The second-order valence-electron chi connectivity index (χ2n) is 7.30. The molecule has 0 atom stereocenters. The molecule has 8 nitrogen and oxygen atoms in total. The molecule has 1 aromatic heterocycles. The molecule has 1 heterocycles. The van der Waals surface area contributed by atoms with Gasteiger partial charge in [0.1, 0.15) is 5.82 Å². The molecule has 0 unspecified atom stereocenters. The molecule has 4 rings (SSSR count). The minimum atomic E-state index is -0.509. The number of hydrogen-bond acceptors (Lipinski definition) is 5. The van der Waals surface area contributed by atoms with E-state index in [0.717, 1.165) is 5.56 Å². The van der Waals surface area contributed by atoms with Crippen LogP contribution in [0.25, 0.3) is 10.9 Å². The summed E-state index contributed by atoms with van der Waals surface area (Å²) in [5, 5.41) is 11.4. The van der Waals surface area contributed by atoms with E-state index in [9.17, 15) is 19.7 Å². The molecule has 4 aromatic rings. The van der Waals surface area contributed by atoms with E-state index >= 15 is 0 Å². The van der Waals surface area contributed by atoms with E-state index in [1.807, 2.05) is 30.3 Å². The van der Waals surface area contributed by atoms with Crippen molar-refractivity contribution in [1.29, 1.82) is 0 Å². The summed E-state index contributed by atoms with van der Waals surface area (Å²) in [7, 11) is 0. The highest BCUT2D eigenvalue weighted by Gasteiger charge is 2.19. The molecule has 0 saturated carbocycles. The number of aromatic nitrogens is 2. The third-order valence-electron chi connectivity index (χ3n) is 5.13. The zero-order chi connectivity index (χ0) is 22.5. The molecule has 0 saturated heterocycles. The summed E-state index contributed by atoms with van der Waals surface area (Å²) in [6.45, 7) is 0.485. The quantitative estimate of drug-likeness (QED) is 0.356. The number of H-pyrrole nitrogens is 1. The fraction of sp³-hybridized carbons (Fsp3) is 0.125. The molecule has 0 aliphatic carbocycles. The number of nitro groups is 1. The van der Waals surface area contributed by atoms with E-state index in [2.05, 4.69) is 9.97 Å². The molecule has 0 aliphatic rings. The number of carbonyl (C=O) groups is 1. The Balaban J connectivity index is 1.63. The molecule has 1 amide bonds. The number of amides is 1. The number of carbonyl (C=O) groups excluding carboxylic acids is 1. The summed E-state index contributed by atoms with van der Waals surface area (Å²) in [5.74, 6) is 0.0728. The number of non-ortho nitro benzene ring substituents is 1. The minimum absolute atomic E-state index is 0.0853. The first kappa shape index (κ1) is 20.9. The first-order chi connectivity index (χ1) is 15.5. The largest absolute Gasteiger partial charge is 0.331 e. The van der Waals surface area contributed by atoms with Crippen LogP contribution in [0.5, 0.6) is 0 Å². The van der Waals surface area contributed by atoms with Crippen LogP contribution >= 0.6 is 0 Å². The number of hydrogen-bond donors (Lipinski definition) is 1. The number of aromatic amines is 1. The van der Waals surface area contributed by atoms with Crippen molar-refractivity contribution in [2.24, 2.45) is 0 Å². The molecule has 3 aromatic carbocycles. The molecule has 1 N–H and O–H groups in total. The summed E-state index contributed by atoms with van der Waals surface area (Å²) in [4.78, 5) is 44.9. The van der Waals surface area contributed by atoms with Crippen LogP contribution < -0.4 is 5.56 Å². The zero-order valence-corrected chi connectivity index (χ0v) is 17.1. The molecule has 0 radical (unpaired) electrons. The summed E-state index contributed by atoms with van der Waals surface area (Å²) in [6, 6.07) is 22.2. The maximum Gasteiger partial charge on any atom is 0.269 e. The van der Waals surface area contributed by atoms with Gasteiger partial charge in [0.05, 0.1) is 22.4 Å². The molecule has 32 heavy (non-hydrogen) atoms. The number of nitrogens with zero attached hydrogens (tertiary/aromatic N) is 3. The van der Waals surface area contributed by atoms with E-state index in [0.29, 0.717) is 35.3 Å². The molecule has 8 heteroatoms. The Labute approximate surface area is 183 Å². The van der Waals surface area contributed by atoms with Gasteiger partial charge < -0.3 is 9.88 Å². The maximum atomic E-state index is 13.2. The van der Waals surface area contributed by atoms with Gasteiger partial charge in [0.15, 0.2) is 0 Å². The van der Waals surface area contributed by atoms with Crippen LogP contribution in [0, 0.1) is 10.1 Å². The van der Waals surface area contributed by atoms with E-state index in [4.69, 9.17) is 0 Å². The van der Waals surface area contributed by atoms with Crippen molar-refractivity contribution >= 4 is 22.5 Å². The average molecular weight is 428 g/mol. The Morgan fingerprint density at radius 3 is 2.38 bits per heavy atom. The number of fused-ring (bicyclic) bond motifs is 1. The van der Waals surface area contributed by atoms with Gasteiger partial charge in [-0.3, -0.25) is 19.7 Å². The zero-order valence-electron chi connectivity index (χ0n) is 17.1. The summed E-state index contributed by atoms with van der Waals surface area (Å²) in [5.41, 5.74) is 1.59. The minimum Gasteiger partial charge on any atom is -0.331 e. The van der Waals surface area contributed by atoms with E-state index in [-0.39, 0.29) is 23.7 Å².